The Hall–Kier alpha value is -1.90. The summed E-state index contributed by atoms with van der Waals surface area (Å²) in [6, 6.07) is 10.9. The Morgan fingerprint density at radius 2 is 2.00 bits per heavy atom. The lowest BCUT2D eigenvalue weighted by atomic mass is 9.97. The number of hydrogen-bond acceptors (Lipinski definition) is 5. The van der Waals surface area contributed by atoms with Crippen molar-refractivity contribution in [2.24, 2.45) is 5.92 Å². The molecule has 0 aliphatic carbocycles. The van der Waals surface area contributed by atoms with Crippen LogP contribution in [0.1, 0.15) is 31.4 Å². The lowest BCUT2D eigenvalue weighted by Crippen LogP contribution is -2.46. The van der Waals surface area contributed by atoms with Crippen LogP contribution in [0.4, 0.5) is 0 Å². The third kappa shape index (κ3) is 4.24. The van der Waals surface area contributed by atoms with E-state index in [9.17, 15) is 13.2 Å². The highest BCUT2D eigenvalue weighted by Crippen LogP contribution is 2.29. The fourth-order valence-corrected chi connectivity index (χ4v) is 6.15. The van der Waals surface area contributed by atoms with E-state index in [-0.39, 0.29) is 24.4 Å². The summed E-state index contributed by atoms with van der Waals surface area (Å²) in [5.41, 5.74) is 1.01. The van der Waals surface area contributed by atoms with E-state index >= 15 is 0 Å². The van der Waals surface area contributed by atoms with Crippen molar-refractivity contribution in [2.45, 2.75) is 30.0 Å². The summed E-state index contributed by atoms with van der Waals surface area (Å²) in [6.45, 7) is 2.67. The predicted molar refractivity (Wildman–Crippen MR) is 110 cm³/mol. The molecule has 1 saturated heterocycles. The van der Waals surface area contributed by atoms with Gasteiger partial charge in [-0.05, 0) is 48.9 Å². The summed E-state index contributed by atoms with van der Waals surface area (Å²) in [5.74, 6) is 0.426. The predicted octanol–water partition coefficient (Wildman–Crippen LogP) is 3.38. The molecule has 28 heavy (non-hydrogen) atoms. The van der Waals surface area contributed by atoms with Crippen LogP contribution in [0.25, 0.3) is 0 Å². The second-order valence-corrected chi connectivity index (χ2v) is 10.1. The molecule has 0 saturated carbocycles. The molecule has 0 N–H and O–H groups in total. The summed E-state index contributed by atoms with van der Waals surface area (Å²) in [6.07, 6.45) is 1.39. The van der Waals surface area contributed by atoms with Crippen molar-refractivity contribution in [1.82, 2.24) is 9.21 Å². The van der Waals surface area contributed by atoms with Gasteiger partial charge in [-0.2, -0.15) is 4.31 Å². The van der Waals surface area contributed by atoms with Crippen LogP contribution in [0.2, 0.25) is 0 Å². The van der Waals surface area contributed by atoms with Crippen molar-refractivity contribution in [3.05, 3.63) is 47.3 Å². The molecular formula is C20H26N2O4S2. The van der Waals surface area contributed by atoms with Gasteiger partial charge in [-0.1, -0.05) is 18.2 Å². The van der Waals surface area contributed by atoms with Gasteiger partial charge in [-0.15, -0.1) is 11.3 Å². The zero-order chi connectivity index (χ0) is 20.3. The lowest BCUT2D eigenvalue weighted by molar-refractivity contribution is -0.137. The summed E-state index contributed by atoms with van der Waals surface area (Å²) in [7, 11) is -0.124. The number of thiophene rings is 1. The van der Waals surface area contributed by atoms with Gasteiger partial charge in [0.15, 0.2) is 0 Å². The zero-order valence-electron chi connectivity index (χ0n) is 16.4. The first-order chi connectivity index (χ1) is 13.3. The molecule has 2 heterocycles. The number of piperidine rings is 1. The molecule has 8 heteroatoms. The Morgan fingerprint density at radius 3 is 2.61 bits per heavy atom. The zero-order valence-corrected chi connectivity index (χ0v) is 18.0. The third-order valence-corrected chi connectivity index (χ3v) is 8.59. The van der Waals surface area contributed by atoms with E-state index in [0.717, 1.165) is 11.3 Å². The molecule has 0 radical (unpaired) electrons. The summed E-state index contributed by atoms with van der Waals surface area (Å²) >= 11 is 1.21. The van der Waals surface area contributed by atoms with Crippen molar-refractivity contribution in [1.29, 1.82) is 0 Å². The van der Waals surface area contributed by atoms with Crippen LogP contribution in [0, 0.1) is 5.92 Å². The number of methoxy groups -OCH3 is 1. The lowest BCUT2D eigenvalue weighted by Gasteiger charge is -2.35. The monoisotopic (exact) mass is 422 g/mol. The summed E-state index contributed by atoms with van der Waals surface area (Å²) in [4.78, 5) is 14.8. The van der Waals surface area contributed by atoms with Gasteiger partial charge >= 0.3 is 0 Å². The molecule has 1 aliphatic rings. The first-order valence-electron chi connectivity index (χ1n) is 9.29. The van der Waals surface area contributed by atoms with Crippen molar-refractivity contribution in [2.75, 3.05) is 27.2 Å². The minimum absolute atomic E-state index is 0.0191. The number of sulfonamides is 1. The second kappa shape index (κ2) is 8.63. The average Bonchev–Trinajstić information content (AvgIpc) is 3.28. The Bertz CT molecular complexity index is 895. The highest BCUT2D eigenvalue weighted by atomic mass is 32.2. The van der Waals surface area contributed by atoms with Crippen molar-refractivity contribution in [3.8, 4) is 5.75 Å². The molecule has 2 atom stereocenters. The van der Waals surface area contributed by atoms with Crippen LogP contribution >= 0.6 is 11.3 Å². The standard InChI is InChI=1S/C20H26N2O4S2/c1-15(16-8-10-18(26-3)11-9-16)21(2)20(23)17-6-4-12-22(14-17)28(24,25)19-7-5-13-27-19/h5,7-11,13,15,17H,4,6,12,14H2,1-3H3. The van der Waals surface area contributed by atoms with E-state index in [0.29, 0.717) is 23.6 Å². The van der Waals surface area contributed by atoms with Gasteiger partial charge < -0.3 is 9.64 Å². The molecular weight excluding hydrogens is 396 g/mol. The number of carbonyl (C=O) groups excluding carboxylic acids is 1. The number of carbonyl (C=O) groups is 1. The van der Waals surface area contributed by atoms with E-state index in [1.165, 1.54) is 15.6 Å². The minimum atomic E-state index is -3.52. The van der Waals surface area contributed by atoms with E-state index in [1.807, 2.05) is 31.2 Å². The van der Waals surface area contributed by atoms with Gasteiger partial charge in [0.05, 0.1) is 19.1 Å². The van der Waals surface area contributed by atoms with Crippen LogP contribution in [0.3, 0.4) is 0 Å². The Morgan fingerprint density at radius 1 is 1.29 bits per heavy atom. The number of rotatable bonds is 6. The van der Waals surface area contributed by atoms with Gasteiger partial charge in [0.25, 0.3) is 10.0 Å². The average molecular weight is 423 g/mol. The van der Waals surface area contributed by atoms with Gasteiger partial charge in [0.1, 0.15) is 9.96 Å². The van der Waals surface area contributed by atoms with E-state index in [4.69, 9.17) is 4.74 Å². The van der Waals surface area contributed by atoms with E-state index < -0.39 is 10.0 Å². The topological polar surface area (TPSA) is 66.9 Å². The number of amides is 1. The maximum absolute atomic E-state index is 13.1. The molecule has 152 valence electrons. The largest absolute Gasteiger partial charge is 0.497 e. The highest BCUT2D eigenvalue weighted by molar-refractivity contribution is 7.91. The number of benzene rings is 1. The maximum atomic E-state index is 13.1. The summed E-state index contributed by atoms with van der Waals surface area (Å²) < 4.78 is 32.6. The maximum Gasteiger partial charge on any atom is 0.252 e. The molecule has 2 unspecified atom stereocenters. The number of nitrogens with zero attached hydrogens (tertiary/aromatic N) is 2. The molecule has 6 nitrogen and oxygen atoms in total. The van der Waals surface area contributed by atoms with Crippen molar-refractivity contribution in [3.63, 3.8) is 0 Å². The number of hydrogen-bond donors (Lipinski definition) is 0. The fourth-order valence-electron chi connectivity index (χ4n) is 3.48. The fraction of sp³-hybridized carbons (Fsp3) is 0.450. The summed E-state index contributed by atoms with van der Waals surface area (Å²) in [5, 5.41) is 1.75. The van der Waals surface area contributed by atoms with Gasteiger partial charge in [0.2, 0.25) is 5.91 Å². The first-order valence-corrected chi connectivity index (χ1v) is 11.6. The molecule has 1 aliphatic heterocycles. The molecule has 1 fully saturated rings. The highest BCUT2D eigenvalue weighted by Gasteiger charge is 2.35. The van der Waals surface area contributed by atoms with Gasteiger partial charge in [0, 0.05) is 20.1 Å². The quantitative estimate of drug-likeness (QED) is 0.716. The second-order valence-electron chi connectivity index (χ2n) is 7.03. The Balaban J connectivity index is 1.70. The Labute approximate surface area is 170 Å². The van der Waals surface area contributed by atoms with Crippen LogP contribution in [0.5, 0.6) is 5.75 Å². The van der Waals surface area contributed by atoms with E-state index in [2.05, 4.69) is 0 Å². The van der Waals surface area contributed by atoms with Crippen LogP contribution in [-0.2, 0) is 14.8 Å². The normalized spacial score (nSPS) is 19.2. The molecule has 3 rings (SSSR count). The molecule has 1 amide bonds. The molecule has 2 aromatic rings. The van der Waals surface area contributed by atoms with Crippen LogP contribution in [0.15, 0.2) is 46.0 Å². The van der Waals surface area contributed by atoms with Crippen molar-refractivity contribution < 1.29 is 17.9 Å². The van der Waals surface area contributed by atoms with E-state index in [1.54, 1.807) is 36.6 Å². The van der Waals surface area contributed by atoms with Crippen molar-refractivity contribution >= 4 is 27.3 Å². The van der Waals surface area contributed by atoms with Gasteiger partial charge in [-0.3, -0.25) is 4.79 Å². The SMILES string of the molecule is COc1ccc(C(C)N(C)C(=O)C2CCCN(S(=O)(=O)c3cccs3)C2)cc1. The molecule has 0 spiro atoms. The molecule has 1 aromatic heterocycles. The van der Waals surface area contributed by atoms with Crippen LogP contribution in [-0.4, -0.2) is 50.8 Å². The minimum Gasteiger partial charge on any atom is -0.497 e. The third-order valence-electron chi connectivity index (χ3n) is 5.35. The van der Waals surface area contributed by atoms with Crippen LogP contribution < -0.4 is 4.74 Å². The molecule has 0 bridgehead atoms. The molecule has 1 aromatic carbocycles. The first kappa shape index (κ1) is 20.8. The Kier molecular flexibility index (Phi) is 6.42. The van der Waals surface area contributed by atoms with Gasteiger partial charge in [-0.25, -0.2) is 8.42 Å². The number of ether oxygens (including phenoxy) is 1. The smallest absolute Gasteiger partial charge is 0.252 e.